The highest BCUT2D eigenvalue weighted by Crippen LogP contribution is 2.28. The first-order valence-corrected chi connectivity index (χ1v) is 5.75. The Balaban J connectivity index is 2.65. The molecule has 0 aromatic carbocycles. The number of rotatable bonds is 1. The van der Waals surface area contributed by atoms with Crippen LogP contribution in [-0.4, -0.2) is 9.55 Å². The first kappa shape index (κ1) is 10.4. The quantitative estimate of drug-likeness (QED) is 0.865. The van der Waals surface area contributed by atoms with Crippen molar-refractivity contribution in [3.8, 4) is 10.6 Å². The molecule has 6 heteroatoms. The highest BCUT2D eigenvalue weighted by atomic mass is 79.9. The Labute approximate surface area is 97.3 Å². The lowest BCUT2D eigenvalue weighted by Gasteiger charge is -1.98. The standard InChI is InChI=1S/C9H7BrN2O2S/c1-12-8(13)4-5(11-9(12)14)6-2-3-7(10)15-6/h2-4H,1H3,(H,11,14). The van der Waals surface area contributed by atoms with Gasteiger partial charge >= 0.3 is 5.69 Å². The van der Waals surface area contributed by atoms with Crippen LogP contribution in [0.4, 0.5) is 0 Å². The van der Waals surface area contributed by atoms with Crippen molar-refractivity contribution < 1.29 is 0 Å². The van der Waals surface area contributed by atoms with Crippen LogP contribution >= 0.6 is 27.3 Å². The average Bonchev–Trinajstić information content (AvgIpc) is 2.60. The van der Waals surface area contributed by atoms with Crippen LogP contribution in [0, 0.1) is 0 Å². The Hall–Kier alpha value is -1.14. The van der Waals surface area contributed by atoms with Gasteiger partial charge in [-0.1, -0.05) is 0 Å². The van der Waals surface area contributed by atoms with Crippen LogP contribution in [0.25, 0.3) is 10.6 Å². The molecule has 0 unspecified atom stereocenters. The number of hydrogen-bond donors (Lipinski definition) is 1. The van der Waals surface area contributed by atoms with E-state index in [1.165, 1.54) is 24.5 Å². The highest BCUT2D eigenvalue weighted by Gasteiger charge is 2.05. The largest absolute Gasteiger partial charge is 0.328 e. The fraction of sp³-hybridized carbons (Fsp3) is 0.111. The molecule has 4 nitrogen and oxygen atoms in total. The summed E-state index contributed by atoms with van der Waals surface area (Å²) < 4.78 is 1.99. The third-order valence-electron chi connectivity index (χ3n) is 1.98. The molecule has 0 fully saturated rings. The van der Waals surface area contributed by atoms with E-state index >= 15 is 0 Å². The van der Waals surface area contributed by atoms with Crippen molar-refractivity contribution in [2.45, 2.75) is 0 Å². The van der Waals surface area contributed by atoms with E-state index in [-0.39, 0.29) is 5.56 Å². The van der Waals surface area contributed by atoms with Gasteiger partial charge in [0.15, 0.2) is 0 Å². The summed E-state index contributed by atoms with van der Waals surface area (Å²) in [5.74, 6) is 0. The lowest BCUT2D eigenvalue weighted by molar-refractivity contribution is 0.778. The van der Waals surface area contributed by atoms with Crippen LogP contribution in [0.1, 0.15) is 0 Å². The molecule has 78 valence electrons. The Bertz CT molecular complexity index is 580. The second-order valence-electron chi connectivity index (χ2n) is 2.99. The summed E-state index contributed by atoms with van der Waals surface area (Å²) in [6.07, 6.45) is 0. The smallest absolute Gasteiger partial charge is 0.306 e. The fourth-order valence-electron chi connectivity index (χ4n) is 1.15. The number of nitrogens with zero attached hydrogens (tertiary/aromatic N) is 1. The average molecular weight is 287 g/mol. The third-order valence-corrected chi connectivity index (χ3v) is 3.64. The Morgan fingerprint density at radius 3 is 2.67 bits per heavy atom. The number of nitrogens with one attached hydrogen (secondary N) is 1. The molecule has 15 heavy (non-hydrogen) atoms. The Kier molecular flexibility index (Phi) is 2.62. The summed E-state index contributed by atoms with van der Waals surface area (Å²) >= 11 is 4.79. The lowest BCUT2D eigenvalue weighted by atomic mass is 10.3. The van der Waals surface area contributed by atoms with Gasteiger partial charge in [0.2, 0.25) is 0 Å². The SMILES string of the molecule is Cn1c(=O)cc(-c2ccc(Br)s2)[nH]c1=O. The second kappa shape index (κ2) is 3.79. The first-order chi connectivity index (χ1) is 7.08. The molecule has 0 saturated heterocycles. The van der Waals surface area contributed by atoms with Crippen molar-refractivity contribution in [3.05, 3.63) is 42.8 Å². The van der Waals surface area contributed by atoms with E-state index in [0.717, 1.165) is 13.2 Å². The maximum Gasteiger partial charge on any atom is 0.328 e. The Morgan fingerprint density at radius 1 is 1.40 bits per heavy atom. The Morgan fingerprint density at radius 2 is 2.13 bits per heavy atom. The summed E-state index contributed by atoms with van der Waals surface area (Å²) in [5, 5.41) is 0. The van der Waals surface area contributed by atoms with Crippen molar-refractivity contribution in [2.24, 2.45) is 7.05 Å². The predicted molar refractivity (Wildman–Crippen MR) is 63.3 cm³/mol. The van der Waals surface area contributed by atoms with Crippen LogP contribution in [-0.2, 0) is 7.05 Å². The van der Waals surface area contributed by atoms with Gasteiger partial charge in [0, 0.05) is 13.1 Å². The van der Waals surface area contributed by atoms with Gasteiger partial charge in [0.05, 0.1) is 14.4 Å². The van der Waals surface area contributed by atoms with Crippen LogP contribution in [0.2, 0.25) is 0 Å². The van der Waals surface area contributed by atoms with Gasteiger partial charge < -0.3 is 4.98 Å². The number of hydrogen-bond acceptors (Lipinski definition) is 3. The zero-order valence-corrected chi connectivity index (χ0v) is 10.2. The summed E-state index contributed by atoms with van der Waals surface area (Å²) in [5.41, 5.74) is -0.154. The number of H-pyrrole nitrogens is 1. The minimum absolute atomic E-state index is 0.307. The highest BCUT2D eigenvalue weighted by molar-refractivity contribution is 9.11. The number of aromatic amines is 1. The van der Waals surface area contributed by atoms with Crippen LogP contribution < -0.4 is 11.2 Å². The zero-order chi connectivity index (χ0) is 11.0. The van der Waals surface area contributed by atoms with Crippen molar-refractivity contribution in [1.82, 2.24) is 9.55 Å². The maximum absolute atomic E-state index is 11.4. The molecule has 0 amide bonds. The summed E-state index contributed by atoms with van der Waals surface area (Å²) in [6.45, 7) is 0. The molecule has 2 rings (SSSR count). The summed E-state index contributed by atoms with van der Waals surface area (Å²) in [7, 11) is 1.44. The lowest BCUT2D eigenvalue weighted by Crippen LogP contribution is -2.31. The second-order valence-corrected chi connectivity index (χ2v) is 5.45. The molecule has 0 aliphatic rings. The van der Waals surface area contributed by atoms with E-state index in [0.29, 0.717) is 5.69 Å². The van der Waals surface area contributed by atoms with Crippen molar-refractivity contribution >= 4 is 27.3 Å². The molecule has 0 aliphatic carbocycles. The molecule has 2 heterocycles. The number of aromatic nitrogens is 2. The maximum atomic E-state index is 11.4. The molecule has 2 aromatic rings. The van der Waals surface area contributed by atoms with E-state index in [2.05, 4.69) is 20.9 Å². The van der Waals surface area contributed by atoms with Crippen LogP contribution in [0.5, 0.6) is 0 Å². The van der Waals surface area contributed by atoms with Gasteiger partial charge in [-0.2, -0.15) is 0 Å². The molecular formula is C9H7BrN2O2S. The minimum atomic E-state index is -0.401. The van der Waals surface area contributed by atoms with Crippen LogP contribution in [0.3, 0.4) is 0 Å². The van der Waals surface area contributed by atoms with Crippen molar-refractivity contribution in [2.75, 3.05) is 0 Å². The molecule has 0 radical (unpaired) electrons. The van der Waals surface area contributed by atoms with E-state index in [1.54, 1.807) is 0 Å². The molecule has 0 atom stereocenters. The third kappa shape index (κ3) is 1.95. The first-order valence-electron chi connectivity index (χ1n) is 4.14. The molecule has 2 aromatic heterocycles. The minimum Gasteiger partial charge on any atom is -0.306 e. The molecule has 0 spiro atoms. The topological polar surface area (TPSA) is 54.9 Å². The van der Waals surface area contributed by atoms with Gasteiger partial charge in [0.1, 0.15) is 0 Å². The predicted octanol–water partition coefficient (Wildman–Crippen LogP) is 1.56. The van der Waals surface area contributed by atoms with E-state index in [1.807, 2.05) is 12.1 Å². The van der Waals surface area contributed by atoms with Gasteiger partial charge in [-0.25, -0.2) is 4.79 Å². The monoisotopic (exact) mass is 286 g/mol. The summed E-state index contributed by atoms with van der Waals surface area (Å²) in [6, 6.07) is 5.13. The molecule has 0 saturated carbocycles. The van der Waals surface area contributed by atoms with E-state index in [9.17, 15) is 9.59 Å². The molecule has 0 bridgehead atoms. The van der Waals surface area contributed by atoms with Gasteiger partial charge in [-0.05, 0) is 28.1 Å². The van der Waals surface area contributed by atoms with Crippen molar-refractivity contribution in [1.29, 1.82) is 0 Å². The molecular weight excluding hydrogens is 280 g/mol. The molecule has 1 N–H and O–H groups in total. The number of thiophene rings is 1. The summed E-state index contributed by atoms with van der Waals surface area (Å²) in [4.78, 5) is 26.2. The van der Waals surface area contributed by atoms with Gasteiger partial charge in [-0.3, -0.25) is 9.36 Å². The fourth-order valence-corrected chi connectivity index (χ4v) is 2.50. The van der Waals surface area contributed by atoms with E-state index < -0.39 is 5.69 Å². The van der Waals surface area contributed by atoms with Crippen LogP contribution in [0.15, 0.2) is 31.6 Å². The molecule has 0 aliphatic heterocycles. The normalized spacial score (nSPS) is 10.5. The number of halogens is 1. The van der Waals surface area contributed by atoms with Gasteiger partial charge in [0.25, 0.3) is 5.56 Å². The zero-order valence-electron chi connectivity index (χ0n) is 7.78. The van der Waals surface area contributed by atoms with E-state index in [4.69, 9.17) is 0 Å². The van der Waals surface area contributed by atoms with Crippen molar-refractivity contribution in [3.63, 3.8) is 0 Å². The van der Waals surface area contributed by atoms with Gasteiger partial charge in [-0.15, -0.1) is 11.3 Å².